The van der Waals surface area contributed by atoms with Gasteiger partial charge < -0.3 is 15.4 Å². The first-order valence-electron chi connectivity index (χ1n) is 6.59. The van der Waals surface area contributed by atoms with Crippen molar-refractivity contribution in [3.63, 3.8) is 0 Å². The Hall–Kier alpha value is -0.770. The van der Waals surface area contributed by atoms with Crippen LogP contribution in [0.1, 0.15) is 18.4 Å². The molecule has 1 aromatic rings. The summed E-state index contributed by atoms with van der Waals surface area (Å²) >= 11 is 0. The fraction of sp³-hybridized carbons (Fsp3) is 0.571. The standard InChI is InChI=1S/C14H20N2O.ClH/c1-2-6-14-11(4-1)8-13(10-17-14)16-12-5-3-7-15-9-12;/h1-2,4,6,12-13,15-16H,3,5,7-10H2;1H. The average Bonchev–Trinajstić information content (AvgIpc) is 2.40. The lowest BCUT2D eigenvalue weighted by atomic mass is 10.0. The van der Waals surface area contributed by atoms with E-state index < -0.39 is 0 Å². The summed E-state index contributed by atoms with van der Waals surface area (Å²) in [6.07, 6.45) is 3.65. The Labute approximate surface area is 115 Å². The highest BCUT2D eigenvalue weighted by atomic mass is 35.5. The summed E-state index contributed by atoms with van der Waals surface area (Å²) in [4.78, 5) is 0. The number of benzene rings is 1. The Morgan fingerprint density at radius 3 is 2.94 bits per heavy atom. The molecule has 100 valence electrons. The quantitative estimate of drug-likeness (QED) is 0.858. The predicted octanol–water partition coefficient (Wildman–Crippen LogP) is 1.75. The molecule has 0 radical (unpaired) electrons. The Kier molecular flexibility index (Phi) is 4.87. The third kappa shape index (κ3) is 3.16. The number of para-hydroxylation sites is 1. The lowest BCUT2D eigenvalue weighted by Crippen LogP contribution is -2.50. The van der Waals surface area contributed by atoms with Crippen LogP contribution in [0, 0.1) is 0 Å². The molecule has 0 aliphatic carbocycles. The van der Waals surface area contributed by atoms with Gasteiger partial charge in [-0.3, -0.25) is 0 Å². The monoisotopic (exact) mass is 268 g/mol. The van der Waals surface area contributed by atoms with E-state index in [0.29, 0.717) is 12.1 Å². The van der Waals surface area contributed by atoms with Crippen LogP contribution in [0.4, 0.5) is 0 Å². The predicted molar refractivity (Wildman–Crippen MR) is 75.7 cm³/mol. The number of rotatable bonds is 2. The smallest absolute Gasteiger partial charge is 0.122 e. The lowest BCUT2D eigenvalue weighted by molar-refractivity contribution is 0.218. The van der Waals surface area contributed by atoms with E-state index in [2.05, 4.69) is 28.8 Å². The highest BCUT2D eigenvalue weighted by Crippen LogP contribution is 2.24. The van der Waals surface area contributed by atoms with Crippen molar-refractivity contribution in [2.24, 2.45) is 0 Å². The van der Waals surface area contributed by atoms with Gasteiger partial charge in [0.2, 0.25) is 0 Å². The summed E-state index contributed by atoms with van der Waals surface area (Å²) in [6.45, 7) is 3.06. The van der Waals surface area contributed by atoms with E-state index in [-0.39, 0.29) is 12.4 Å². The number of hydrogen-bond donors (Lipinski definition) is 2. The number of hydrogen-bond acceptors (Lipinski definition) is 3. The molecular formula is C14H21ClN2O. The third-order valence-electron chi connectivity index (χ3n) is 3.65. The molecule has 0 spiro atoms. The summed E-state index contributed by atoms with van der Waals surface area (Å²) in [7, 11) is 0. The molecule has 1 aromatic carbocycles. The fourth-order valence-electron chi connectivity index (χ4n) is 2.76. The van der Waals surface area contributed by atoms with Gasteiger partial charge in [0.25, 0.3) is 0 Å². The first-order valence-corrected chi connectivity index (χ1v) is 6.59. The van der Waals surface area contributed by atoms with Crippen molar-refractivity contribution in [1.82, 2.24) is 10.6 Å². The van der Waals surface area contributed by atoms with Crippen LogP contribution in [0.2, 0.25) is 0 Å². The molecule has 4 heteroatoms. The van der Waals surface area contributed by atoms with Gasteiger partial charge in [0.05, 0.1) is 0 Å². The summed E-state index contributed by atoms with van der Waals surface area (Å²) < 4.78 is 5.79. The van der Waals surface area contributed by atoms with E-state index in [4.69, 9.17) is 4.74 Å². The maximum atomic E-state index is 5.79. The number of ether oxygens (including phenoxy) is 1. The molecule has 3 rings (SSSR count). The molecule has 0 saturated carbocycles. The Morgan fingerprint density at radius 2 is 2.11 bits per heavy atom. The van der Waals surface area contributed by atoms with Gasteiger partial charge in [0, 0.05) is 18.6 Å². The number of fused-ring (bicyclic) bond motifs is 1. The van der Waals surface area contributed by atoms with Crippen molar-refractivity contribution < 1.29 is 4.74 Å². The van der Waals surface area contributed by atoms with Crippen molar-refractivity contribution in [3.05, 3.63) is 29.8 Å². The average molecular weight is 269 g/mol. The fourth-order valence-corrected chi connectivity index (χ4v) is 2.76. The van der Waals surface area contributed by atoms with Crippen LogP contribution in [0.15, 0.2) is 24.3 Å². The molecule has 0 bridgehead atoms. The Morgan fingerprint density at radius 1 is 1.22 bits per heavy atom. The maximum Gasteiger partial charge on any atom is 0.122 e. The van der Waals surface area contributed by atoms with Crippen LogP contribution in [-0.2, 0) is 6.42 Å². The largest absolute Gasteiger partial charge is 0.492 e. The SMILES string of the molecule is Cl.c1ccc2c(c1)CC(NC1CCCNC1)CO2. The molecule has 2 aliphatic rings. The number of halogens is 1. The van der Waals surface area contributed by atoms with Crippen LogP contribution >= 0.6 is 12.4 Å². The first kappa shape index (κ1) is 13.7. The molecule has 1 fully saturated rings. The van der Waals surface area contributed by atoms with E-state index in [9.17, 15) is 0 Å². The molecule has 2 heterocycles. The topological polar surface area (TPSA) is 33.3 Å². The highest BCUT2D eigenvalue weighted by Gasteiger charge is 2.22. The van der Waals surface area contributed by atoms with Gasteiger partial charge in [-0.1, -0.05) is 18.2 Å². The molecule has 2 atom stereocenters. The molecule has 2 aliphatic heterocycles. The van der Waals surface area contributed by atoms with E-state index in [1.807, 2.05) is 6.07 Å². The lowest BCUT2D eigenvalue weighted by Gasteiger charge is -2.32. The van der Waals surface area contributed by atoms with Crippen molar-refractivity contribution in [2.45, 2.75) is 31.3 Å². The van der Waals surface area contributed by atoms with Crippen LogP contribution in [0.25, 0.3) is 0 Å². The molecule has 2 N–H and O–H groups in total. The molecule has 1 saturated heterocycles. The van der Waals surface area contributed by atoms with Crippen molar-refractivity contribution in [1.29, 1.82) is 0 Å². The van der Waals surface area contributed by atoms with Gasteiger partial charge >= 0.3 is 0 Å². The van der Waals surface area contributed by atoms with Gasteiger partial charge in [-0.2, -0.15) is 0 Å². The summed E-state index contributed by atoms with van der Waals surface area (Å²) in [5.41, 5.74) is 1.33. The third-order valence-corrected chi connectivity index (χ3v) is 3.65. The number of nitrogens with one attached hydrogen (secondary N) is 2. The molecule has 3 nitrogen and oxygen atoms in total. The second kappa shape index (κ2) is 6.41. The molecule has 0 amide bonds. The van der Waals surface area contributed by atoms with Gasteiger partial charge in [-0.05, 0) is 37.4 Å². The normalized spacial score (nSPS) is 26.7. The van der Waals surface area contributed by atoms with Gasteiger partial charge in [0.15, 0.2) is 0 Å². The zero-order valence-electron chi connectivity index (χ0n) is 10.5. The number of piperidine rings is 1. The summed E-state index contributed by atoms with van der Waals surface area (Å²) in [5.74, 6) is 1.06. The van der Waals surface area contributed by atoms with Crippen LogP contribution in [0.3, 0.4) is 0 Å². The zero-order chi connectivity index (χ0) is 11.5. The van der Waals surface area contributed by atoms with Crippen molar-refractivity contribution in [2.75, 3.05) is 19.7 Å². The maximum absolute atomic E-state index is 5.79. The highest BCUT2D eigenvalue weighted by molar-refractivity contribution is 5.85. The minimum atomic E-state index is 0. The van der Waals surface area contributed by atoms with E-state index in [1.54, 1.807) is 0 Å². The first-order chi connectivity index (χ1) is 8.42. The van der Waals surface area contributed by atoms with E-state index in [0.717, 1.165) is 25.3 Å². The second-order valence-electron chi connectivity index (χ2n) is 5.03. The molecular weight excluding hydrogens is 248 g/mol. The molecule has 18 heavy (non-hydrogen) atoms. The van der Waals surface area contributed by atoms with Crippen LogP contribution in [0.5, 0.6) is 5.75 Å². The van der Waals surface area contributed by atoms with Gasteiger partial charge in [0.1, 0.15) is 12.4 Å². The molecule has 0 aromatic heterocycles. The van der Waals surface area contributed by atoms with Crippen LogP contribution < -0.4 is 15.4 Å². The summed E-state index contributed by atoms with van der Waals surface area (Å²) in [6, 6.07) is 9.44. The summed E-state index contributed by atoms with van der Waals surface area (Å²) in [5, 5.41) is 7.15. The Balaban J connectivity index is 0.00000120. The van der Waals surface area contributed by atoms with Crippen molar-refractivity contribution in [3.8, 4) is 5.75 Å². The minimum Gasteiger partial charge on any atom is -0.492 e. The second-order valence-corrected chi connectivity index (χ2v) is 5.03. The van der Waals surface area contributed by atoms with Crippen molar-refractivity contribution >= 4 is 12.4 Å². The zero-order valence-corrected chi connectivity index (χ0v) is 11.3. The van der Waals surface area contributed by atoms with Gasteiger partial charge in [-0.15, -0.1) is 12.4 Å². The van der Waals surface area contributed by atoms with Gasteiger partial charge in [-0.25, -0.2) is 0 Å². The van der Waals surface area contributed by atoms with Crippen LogP contribution in [-0.4, -0.2) is 31.8 Å². The molecule has 2 unspecified atom stereocenters. The Bertz CT molecular complexity index is 380. The minimum absolute atomic E-state index is 0. The van der Waals surface area contributed by atoms with E-state index in [1.165, 1.54) is 24.9 Å². The van der Waals surface area contributed by atoms with E-state index >= 15 is 0 Å².